The number of hydrogen-bond donors (Lipinski definition) is 0. The molecular formula is C34H30Br2ClN3O4. The lowest BCUT2D eigenvalue weighted by atomic mass is 9.96. The quantitative estimate of drug-likeness (QED) is 0.141. The second kappa shape index (κ2) is 13.5. The van der Waals surface area contributed by atoms with E-state index in [0.717, 1.165) is 32.5 Å². The molecule has 0 radical (unpaired) electrons. The zero-order chi connectivity index (χ0) is 31.5. The minimum absolute atomic E-state index is 0.184. The first-order chi connectivity index (χ1) is 21.1. The maximum Gasteiger partial charge on any atom is 0.282 e. The molecule has 10 heteroatoms. The SMILES string of the molecule is COc1cc(C)c(-c2nc3ccccc3c(=O)n2N=Cc2cc(OC)c(OCc3ccc(Br)cc3)c(Cl)c2Br)cc1C(C)C. The van der Waals surface area contributed by atoms with E-state index < -0.39 is 0 Å². The Kier molecular flexibility index (Phi) is 9.78. The minimum Gasteiger partial charge on any atom is -0.496 e. The summed E-state index contributed by atoms with van der Waals surface area (Å²) in [6.07, 6.45) is 1.56. The predicted octanol–water partition coefficient (Wildman–Crippen LogP) is 9.15. The molecule has 0 fully saturated rings. The molecule has 0 spiro atoms. The van der Waals surface area contributed by atoms with E-state index in [0.29, 0.717) is 49.9 Å². The molecule has 226 valence electrons. The van der Waals surface area contributed by atoms with E-state index in [4.69, 9.17) is 30.8 Å². The number of nitrogens with zero attached hydrogens (tertiary/aromatic N) is 3. The van der Waals surface area contributed by atoms with Crippen LogP contribution in [-0.2, 0) is 6.61 Å². The highest BCUT2D eigenvalue weighted by Gasteiger charge is 2.20. The molecule has 0 bridgehead atoms. The number of benzene rings is 4. The number of para-hydroxylation sites is 1. The van der Waals surface area contributed by atoms with Crippen molar-refractivity contribution in [1.29, 1.82) is 0 Å². The maximum atomic E-state index is 13.9. The van der Waals surface area contributed by atoms with Crippen molar-refractivity contribution in [2.45, 2.75) is 33.3 Å². The fourth-order valence-corrected chi connectivity index (χ4v) is 5.73. The van der Waals surface area contributed by atoms with E-state index in [-0.39, 0.29) is 11.5 Å². The van der Waals surface area contributed by atoms with E-state index >= 15 is 0 Å². The summed E-state index contributed by atoms with van der Waals surface area (Å²) in [6, 6.07) is 20.8. The van der Waals surface area contributed by atoms with Gasteiger partial charge in [-0.25, -0.2) is 4.98 Å². The van der Waals surface area contributed by atoms with E-state index in [2.05, 4.69) is 50.8 Å². The van der Waals surface area contributed by atoms with Crippen molar-refractivity contribution in [2.75, 3.05) is 14.2 Å². The molecule has 0 aliphatic heterocycles. The molecule has 4 aromatic carbocycles. The molecular weight excluding hydrogens is 710 g/mol. The number of methoxy groups -OCH3 is 2. The number of ether oxygens (including phenoxy) is 3. The highest BCUT2D eigenvalue weighted by Crippen LogP contribution is 2.42. The van der Waals surface area contributed by atoms with Gasteiger partial charge in [-0.1, -0.05) is 65.6 Å². The molecule has 1 heterocycles. The molecule has 0 N–H and O–H groups in total. The van der Waals surface area contributed by atoms with Gasteiger partial charge < -0.3 is 14.2 Å². The van der Waals surface area contributed by atoms with E-state index in [1.165, 1.54) is 4.68 Å². The summed E-state index contributed by atoms with van der Waals surface area (Å²) < 4.78 is 20.2. The summed E-state index contributed by atoms with van der Waals surface area (Å²) in [6.45, 7) is 6.45. The maximum absolute atomic E-state index is 13.9. The van der Waals surface area contributed by atoms with Gasteiger partial charge in [-0.3, -0.25) is 4.79 Å². The molecule has 5 rings (SSSR count). The first-order valence-corrected chi connectivity index (χ1v) is 15.8. The van der Waals surface area contributed by atoms with Crippen molar-refractivity contribution in [2.24, 2.45) is 5.10 Å². The lowest BCUT2D eigenvalue weighted by Crippen LogP contribution is -2.21. The fourth-order valence-electron chi connectivity index (χ4n) is 4.81. The number of hydrogen-bond acceptors (Lipinski definition) is 6. The third-order valence-electron chi connectivity index (χ3n) is 7.18. The first kappa shape index (κ1) is 31.8. The van der Waals surface area contributed by atoms with Crippen LogP contribution in [0, 0.1) is 6.92 Å². The average molecular weight is 740 g/mol. The summed E-state index contributed by atoms with van der Waals surface area (Å²) in [7, 11) is 3.20. The second-order valence-electron chi connectivity index (χ2n) is 10.4. The van der Waals surface area contributed by atoms with Gasteiger partial charge in [-0.05, 0) is 87.9 Å². The molecule has 0 unspecified atom stereocenters. The van der Waals surface area contributed by atoms with Crippen LogP contribution in [0.3, 0.4) is 0 Å². The minimum atomic E-state index is -0.299. The summed E-state index contributed by atoms with van der Waals surface area (Å²) >= 11 is 13.8. The largest absolute Gasteiger partial charge is 0.496 e. The third-order valence-corrected chi connectivity index (χ3v) is 9.15. The topological polar surface area (TPSA) is 74.9 Å². The smallest absolute Gasteiger partial charge is 0.282 e. The first-order valence-electron chi connectivity index (χ1n) is 13.8. The van der Waals surface area contributed by atoms with Gasteiger partial charge in [0.1, 0.15) is 17.4 Å². The number of aryl methyl sites for hydroxylation is 1. The molecule has 1 aromatic heterocycles. The lowest BCUT2D eigenvalue weighted by Gasteiger charge is -2.17. The Morgan fingerprint density at radius 1 is 1.00 bits per heavy atom. The third kappa shape index (κ3) is 6.41. The molecule has 0 amide bonds. The highest BCUT2D eigenvalue weighted by atomic mass is 79.9. The normalized spacial score (nSPS) is 11.5. The number of rotatable bonds is 9. The molecule has 44 heavy (non-hydrogen) atoms. The van der Waals surface area contributed by atoms with E-state index in [9.17, 15) is 4.79 Å². The van der Waals surface area contributed by atoms with Crippen LogP contribution in [0.2, 0.25) is 5.02 Å². The second-order valence-corrected chi connectivity index (χ2v) is 12.5. The van der Waals surface area contributed by atoms with Gasteiger partial charge in [0.05, 0.1) is 31.3 Å². The predicted molar refractivity (Wildman–Crippen MR) is 184 cm³/mol. The van der Waals surface area contributed by atoms with Gasteiger partial charge >= 0.3 is 0 Å². The van der Waals surface area contributed by atoms with Gasteiger partial charge in [0.15, 0.2) is 17.3 Å². The van der Waals surface area contributed by atoms with Crippen LogP contribution in [0.1, 0.15) is 42.0 Å². The Hall–Kier alpha value is -3.66. The summed E-state index contributed by atoms with van der Waals surface area (Å²) in [5, 5.41) is 5.44. The van der Waals surface area contributed by atoms with Crippen LogP contribution >= 0.6 is 43.5 Å². The molecule has 0 saturated heterocycles. The van der Waals surface area contributed by atoms with Crippen LogP contribution in [0.4, 0.5) is 0 Å². The van der Waals surface area contributed by atoms with Gasteiger partial charge in [0.2, 0.25) is 0 Å². The molecule has 0 aliphatic rings. The van der Waals surface area contributed by atoms with E-state index in [1.54, 1.807) is 32.6 Å². The van der Waals surface area contributed by atoms with Crippen LogP contribution in [0.25, 0.3) is 22.3 Å². The fraction of sp³-hybridized carbons (Fsp3) is 0.206. The number of fused-ring (bicyclic) bond motifs is 1. The Balaban J connectivity index is 1.62. The van der Waals surface area contributed by atoms with Crippen molar-refractivity contribution >= 4 is 60.6 Å². The molecule has 0 aliphatic carbocycles. The van der Waals surface area contributed by atoms with Gasteiger partial charge in [0.25, 0.3) is 5.56 Å². The Labute approximate surface area is 277 Å². The molecule has 5 aromatic rings. The molecule has 0 saturated carbocycles. The van der Waals surface area contributed by atoms with Crippen molar-refractivity contribution in [3.05, 3.63) is 113 Å². The lowest BCUT2D eigenvalue weighted by molar-refractivity contribution is 0.284. The summed E-state index contributed by atoms with van der Waals surface area (Å²) in [4.78, 5) is 18.8. The summed E-state index contributed by atoms with van der Waals surface area (Å²) in [5.41, 5.74) is 4.52. The number of halogens is 3. The van der Waals surface area contributed by atoms with E-state index in [1.807, 2.05) is 61.5 Å². The van der Waals surface area contributed by atoms with Crippen molar-refractivity contribution < 1.29 is 14.2 Å². The van der Waals surface area contributed by atoms with Crippen molar-refractivity contribution in [3.63, 3.8) is 0 Å². The van der Waals surface area contributed by atoms with Gasteiger partial charge in [-0.2, -0.15) is 9.78 Å². The van der Waals surface area contributed by atoms with Gasteiger partial charge in [0, 0.05) is 20.1 Å². The van der Waals surface area contributed by atoms with Gasteiger partial charge in [-0.15, -0.1) is 0 Å². The molecule has 7 nitrogen and oxygen atoms in total. The van der Waals surface area contributed by atoms with Crippen molar-refractivity contribution in [3.8, 4) is 28.6 Å². The monoisotopic (exact) mass is 737 g/mol. The average Bonchev–Trinajstić information content (AvgIpc) is 3.02. The summed E-state index contributed by atoms with van der Waals surface area (Å²) in [5.74, 6) is 2.20. The van der Waals surface area contributed by atoms with Crippen molar-refractivity contribution in [1.82, 2.24) is 9.66 Å². The Bertz CT molecular complexity index is 1940. The highest BCUT2D eigenvalue weighted by molar-refractivity contribution is 9.10. The molecule has 0 atom stereocenters. The zero-order valence-electron chi connectivity index (χ0n) is 24.8. The standard InChI is InChI=1S/C34H30Br2ClN3O4/c1-19(2)25-16-26(20(3)14-28(25)42-4)33-39-27-9-7-6-8-24(27)34(41)40(33)38-17-22-15-29(43-5)32(31(37)30(22)36)44-18-21-10-12-23(35)13-11-21/h6-17,19H,18H2,1-5H3. The zero-order valence-corrected chi connectivity index (χ0v) is 28.7. The van der Waals surface area contributed by atoms with Crippen LogP contribution in [0.15, 0.2) is 85.6 Å². The van der Waals surface area contributed by atoms with Crippen LogP contribution < -0.4 is 19.8 Å². The number of aromatic nitrogens is 2. The van der Waals surface area contributed by atoms with Crippen LogP contribution in [0.5, 0.6) is 17.2 Å². The Morgan fingerprint density at radius 3 is 2.39 bits per heavy atom. The van der Waals surface area contributed by atoms with Crippen LogP contribution in [-0.4, -0.2) is 30.1 Å². The Morgan fingerprint density at radius 2 is 1.70 bits per heavy atom.